The zero-order valence-electron chi connectivity index (χ0n) is 11.5. The van der Waals surface area contributed by atoms with Crippen molar-refractivity contribution in [2.75, 3.05) is 0 Å². The average Bonchev–Trinajstić information content (AvgIpc) is 2.50. The summed E-state index contributed by atoms with van der Waals surface area (Å²) in [5.41, 5.74) is 1.13. The van der Waals surface area contributed by atoms with Gasteiger partial charge < -0.3 is 10.3 Å². The minimum Gasteiger partial charge on any atom is -0.478 e. The molecular weight excluding hydrogens is 270 g/mol. The number of aromatic nitrogens is 2. The van der Waals surface area contributed by atoms with Crippen LogP contribution in [0, 0.1) is 0 Å². The number of pyridine rings is 2. The molecule has 0 atom stereocenters. The van der Waals surface area contributed by atoms with Gasteiger partial charge in [-0.05, 0) is 0 Å². The summed E-state index contributed by atoms with van der Waals surface area (Å²) < 4.78 is 4.00. The highest BCUT2D eigenvalue weighted by atomic mass is 16.4. The number of carboxylic acids is 1. The van der Waals surface area contributed by atoms with Crippen LogP contribution in [-0.2, 0) is 13.1 Å². The number of nitrogens with zero attached hydrogens (tertiary/aromatic N) is 3. The number of hydrogen-bond acceptors (Lipinski definition) is 3. The van der Waals surface area contributed by atoms with Crippen molar-refractivity contribution in [3.8, 4) is 0 Å². The Morgan fingerprint density at radius 3 is 2.05 bits per heavy atom. The molecule has 0 unspecified atom stereocenters. The molecule has 0 saturated carbocycles. The molecule has 0 aromatic carbocycles. The normalized spacial score (nSPS) is 10.9. The molecule has 0 radical (unpaired) electrons. The monoisotopic (exact) mass is 287 g/mol. The van der Waals surface area contributed by atoms with Crippen LogP contribution in [0.25, 0.3) is 0 Å². The molecule has 6 nitrogen and oxygen atoms in total. The first-order valence-electron chi connectivity index (χ1n) is 6.58. The molecule has 0 aliphatic rings. The fourth-order valence-electron chi connectivity index (χ4n) is 1.96. The van der Waals surface area contributed by atoms with Gasteiger partial charge in [0.05, 0.1) is 18.2 Å². The predicted octanol–water partition coefficient (Wildman–Crippen LogP) is 0.858. The van der Waals surface area contributed by atoms with E-state index in [0.29, 0.717) is 5.56 Å². The summed E-state index contributed by atoms with van der Waals surface area (Å²) in [4.78, 5) is 10.7. The summed E-state index contributed by atoms with van der Waals surface area (Å²) in [5, 5.41) is 20.2. The van der Waals surface area contributed by atoms with Gasteiger partial charge in [0.25, 0.3) is 0 Å². The molecule has 2 aromatic rings. The lowest BCUT2D eigenvalue weighted by Gasteiger charge is -1.98. The molecule has 108 valence electrons. The topological polar surface area (TPSA) is 77.7 Å². The molecule has 0 spiro atoms. The van der Waals surface area contributed by atoms with Gasteiger partial charge in [0.15, 0.2) is 37.9 Å². The standard InChI is InChI=1S/C15H15N3O3/c19-15(20)14-4-10-18(11-5-14)7-1-6-17-8-2-13(3-9-17)12-16-21/h2-5,8-12H,1,6-7H2/p+2. The van der Waals surface area contributed by atoms with Crippen LogP contribution < -0.4 is 9.13 Å². The molecule has 0 aliphatic heterocycles. The van der Waals surface area contributed by atoms with E-state index in [1.807, 2.05) is 33.7 Å². The maximum Gasteiger partial charge on any atom is 0.336 e. The molecular formula is C15H17N3O3+2. The lowest BCUT2D eigenvalue weighted by atomic mass is 10.2. The van der Waals surface area contributed by atoms with Crippen LogP contribution >= 0.6 is 0 Å². The van der Waals surface area contributed by atoms with E-state index in [-0.39, 0.29) is 0 Å². The molecule has 0 amide bonds. The van der Waals surface area contributed by atoms with Gasteiger partial charge in [-0.3, -0.25) is 0 Å². The van der Waals surface area contributed by atoms with Gasteiger partial charge in [0.1, 0.15) is 0 Å². The number of aromatic carboxylic acids is 1. The van der Waals surface area contributed by atoms with Crippen LogP contribution in [-0.4, -0.2) is 22.5 Å². The summed E-state index contributed by atoms with van der Waals surface area (Å²) in [7, 11) is 0. The molecule has 2 heterocycles. The molecule has 0 bridgehead atoms. The van der Waals surface area contributed by atoms with Crippen LogP contribution in [0.5, 0.6) is 0 Å². The molecule has 2 rings (SSSR count). The second-order valence-electron chi connectivity index (χ2n) is 4.60. The molecule has 0 saturated heterocycles. The van der Waals surface area contributed by atoms with Crippen LogP contribution in [0.4, 0.5) is 0 Å². The van der Waals surface area contributed by atoms with E-state index in [9.17, 15) is 4.79 Å². The van der Waals surface area contributed by atoms with Crippen molar-refractivity contribution in [1.82, 2.24) is 0 Å². The Bertz CT molecular complexity index is 622. The fraction of sp³-hybridized carbons (Fsp3) is 0.200. The van der Waals surface area contributed by atoms with Gasteiger partial charge in [-0.25, -0.2) is 13.9 Å². The van der Waals surface area contributed by atoms with Crippen molar-refractivity contribution >= 4 is 12.2 Å². The summed E-state index contributed by atoms with van der Waals surface area (Å²) >= 11 is 0. The predicted molar refractivity (Wildman–Crippen MR) is 74.2 cm³/mol. The van der Waals surface area contributed by atoms with Crippen molar-refractivity contribution in [3.05, 3.63) is 60.2 Å². The lowest BCUT2D eigenvalue weighted by molar-refractivity contribution is -0.726. The van der Waals surface area contributed by atoms with Crippen LogP contribution in [0.3, 0.4) is 0 Å². The first-order chi connectivity index (χ1) is 10.2. The van der Waals surface area contributed by atoms with E-state index in [4.69, 9.17) is 10.3 Å². The van der Waals surface area contributed by atoms with Crippen molar-refractivity contribution in [2.45, 2.75) is 19.5 Å². The highest BCUT2D eigenvalue weighted by molar-refractivity contribution is 5.87. The highest BCUT2D eigenvalue weighted by Gasteiger charge is 2.07. The molecule has 0 fully saturated rings. The van der Waals surface area contributed by atoms with Gasteiger partial charge in [0, 0.05) is 29.8 Å². The SMILES string of the molecule is O=C(O)c1cc[n+](CCC[n+]2ccc(/C=N/O)cc2)cc1. The van der Waals surface area contributed by atoms with E-state index >= 15 is 0 Å². The Hall–Kier alpha value is -2.76. The maximum absolute atomic E-state index is 10.7. The average molecular weight is 287 g/mol. The van der Waals surface area contributed by atoms with Gasteiger partial charge in [-0.1, -0.05) is 5.16 Å². The van der Waals surface area contributed by atoms with Gasteiger partial charge in [-0.15, -0.1) is 0 Å². The summed E-state index contributed by atoms with van der Waals surface area (Å²) in [5.74, 6) is -0.913. The largest absolute Gasteiger partial charge is 0.478 e. The third-order valence-electron chi connectivity index (χ3n) is 3.09. The van der Waals surface area contributed by atoms with Gasteiger partial charge in [0.2, 0.25) is 0 Å². The van der Waals surface area contributed by atoms with Gasteiger partial charge >= 0.3 is 5.97 Å². The van der Waals surface area contributed by atoms with Crippen LogP contribution in [0.2, 0.25) is 0 Å². The second-order valence-corrected chi connectivity index (χ2v) is 4.60. The molecule has 0 aliphatic carbocycles. The molecule has 2 N–H and O–H groups in total. The Morgan fingerprint density at radius 1 is 1.05 bits per heavy atom. The van der Waals surface area contributed by atoms with Crippen LogP contribution in [0.15, 0.2) is 54.2 Å². The van der Waals surface area contributed by atoms with Crippen molar-refractivity contribution in [2.24, 2.45) is 5.16 Å². The zero-order valence-corrected chi connectivity index (χ0v) is 11.5. The quantitative estimate of drug-likeness (QED) is 0.358. The van der Waals surface area contributed by atoms with Crippen molar-refractivity contribution < 1.29 is 24.2 Å². The van der Waals surface area contributed by atoms with Crippen molar-refractivity contribution in [3.63, 3.8) is 0 Å². The number of hydrogen-bond donors (Lipinski definition) is 2. The van der Waals surface area contributed by atoms with E-state index in [1.54, 1.807) is 24.5 Å². The number of carboxylic acid groups (broad SMARTS) is 1. The third-order valence-corrected chi connectivity index (χ3v) is 3.09. The first kappa shape index (κ1) is 14.6. The Morgan fingerprint density at radius 2 is 1.57 bits per heavy atom. The number of rotatable bonds is 6. The number of carbonyl (C=O) groups is 1. The Kier molecular flexibility index (Phi) is 4.98. The first-order valence-corrected chi connectivity index (χ1v) is 6.58. The van der Waals surface area contributed by atoms with Crippen molar-refractivity contribution in [1.29, 1.82) is 0 Å². The minimum atomic E-state index is -0.913. The summed E-state index contributed by atoms with van der Waals surface area (Å²) in [6.07, 6.45) is 9.70. The maximum atomic E-state index is 10.7. The molecule has 6 heteroatoms. The number of oxime groups is 1. The molecule has 2 aromatic heterocycles. The van der Waals surface area contributed by atoms with Crippen LogP contribution in [0.1, 0.15) is 22.3 Å². The Labute approximate surface area is 122 Å². The highest BCUT2D eigenvalue weighted by Crippen LogP contribution is 1.95. The number of aryl methyl sites for hydroxylation is 2. The molecule has 21 heavy (non-hydrogen) atoms. The van der Waals surface area contributed by atoms with E-state index in [2.05, 4.69) is 5.16 Å². The smallest absolute Gasteiger partial charge is 0.336 e. The van der Waals surface area contributed by atoms with E-state index in [0.717, 1.165) is 25.1 Å². The van der Waals surface area contributed by atoms with E-state index in [1.165, 1.54) is 6.21 Å². The Balaban J connectivity index is 1.84. The minimum absolute atomic E-state index is 0.293. The lowest BCUT2D eigenvalue weighted by Crippen LogP contribution is -2.38. The summed E-state index contributed by atoms with van der Waals surface area (Å²) in [6, 6.07) is 6.93. The zero-order chi connectivity index (χ0) is 15.1. The second kappa shape index (κ2) is 7.14. The fourth-order valence-corrected chi connectivity index (χ4v) is 1.96. The van der Waals surface area contributed by atoms with Gasteiger partial charge in [-0.2, -0.15) is 0 Å². The van der Waals surface area contributed by atoms with E-state index < -0.39 is 5.97 Å². The summed E-state index contributed by atoms with van der Waals surface area (Å²) in [6.45, 7) is 1.66. The third kappa shape index (κ3) is 4.38.